The molecule has 0 atom stereocenters. The molecule has 0 fully saturated rings. The fraction of sp³-hybridized carbons (Fsp3) is 0.571. The van der Waals surface area contributed by atoms with E-state index in [0.29, 0.717) is 0 Å². The van der Waals surface area contributed by atoms with Crippen LogP contribution < -0.4 is 9.80 Å². The number of nitrogens with zero attached hydrogens (tertiary/aromatic N) is 6. The van der Waals surface area contributed by atoms with Crippen LogP contribution in [0.3, 0.4) is 0 Å². The van der Waals surface area contributed by atoms with Crippen molar-refractivity contribution >= 4 is 33.4 Å². The Labute approximate surface area is 300 Å². The van der Waals surface area contributed by atoms with Crippen LogP contribution in [0.2, 0.25) is 0 Å². The zero-order chi connectivity index (χ0) is 35.0. The minimum absolute atomic E-state index is 0.725. The number of fused-ring (bicyclic) bond motifs is 2. The Morgan fingerprint density at radius 2 is 0.820 bits per heavy atom. The maximum atomic E-state index is 4.88. The lowest BCUT2D eigenvalue weighted by atomic mass is 10.1. The van der Waals surface area contributed by atoms with Gasteiger partial charge in [0, 0.05) is 37.6 Å². The number of H-pyrrole nitrogens is 2. The molecule has 0 aliphatic rings. The van der Waals surface area contributed by atoms with Crippen LogP contribution in [0.25, 0.3) is 45.1 Å². The lowest BCUT2D eigenvalue weighted by Crippen LogP contribution is -2.25. The molecule has 0 radical (unpaired) electrons. The van der Waals surface area contributed by atoms with E-state index < -0.39 is 0 Å². The number of hydrogen-bond donors (Lipinski definition) is 2. The Kier molecular flexibility index (Phi) is 15.0. The third kappa shape index (κ3) is 10.5. The van der Waals surface area contributed by atoms with Gasteiger partial charge in [-0.25, -0.2) is 19.9 Å². The van der Waals surface area contributed by atoms with Crippen LogP contribution in [0.5, 0.6) is 0 Å². The first-order chi connectivity index (χ1) is 24.6. The van der Waals surface area contributed by atoms with Gasteiger partial charge in [-0.1, -0.05) is 105 Å². The highest BCUT2D eigenvalue weighted by Gasteiger charge is 2.14. The molecular weight excluding hydrogens is 617 g/mol. The molecule has 0 aliphatic carbocycles. The van der Waals surface area contributed by atoms with Gasteiger partial charge >= 0.3 is 0 Å². The fourth-order valence-corrected chi connectivity index (χ4v) is 6.86. The summed E-state index contributed by atoms with van der Waals surface area (Å²) in [5.74, 6) is 1.47. The summed E-state index contributed by atoms with van der Waals surface area (Å²) in [6, 6.07) is 13.2. The number of aromatic amines is 2. The third-order valence-electron chi connectivity index (χ3n) is 9.92. The van der Waals surface area contributed by atoms with Gasteiger partial charge in [0.25, 0.3) is 0 Å². The van der Waals surface area contributed by atoms with Crippen LogP contribution in [-0.2, 0) is 0 Å². The zero-order valence-corrected chi connectivity index (χ0v) is 31.4. The van der Waals surface area contributed by atoms with Crippen molar-refractivity contribution in [3.63, 3.8) is 0 Å². The Bertz CT molecular complexity index is 1540. The average molecular weight is 679 g/mol. The molecule has 2 aromatic carbocycles. The summed E-state index contributed by atoms with van der Waals surface area (Å²) in [7, 11) is 0. The maximum absolute atomic E-state index is 4.88. The van der Waals surface area contributed by atoms with Crippen LogP contribution in [0.4, 0.5) is 11.4 Å². The van der Waals surface area contributed by atoms with E-state index in [2.05, 4.69) is 83.9 Å². The molecular formula is C42H62N8. The number of rotatable bonds is 24. The van der Waals surface area contributed by atoms with Gasteiger partial charge in [0.2, 0.25) is 0 Å². The summed E-state index contributed by atoms with van der Waals surface area (Å²) in [4.78, 5) is 31.5. The Balaban J connectivity index is 1.28. The van der Waals surface area contributed by atoms with Crippen molar-refractivity contribution in [3.05, 3.63) is 48.8 Å². The molecule has 0 spiro atoms. The topological polar surface area (TPSA) is 89.6 Å². The lowest BCUT2D eigenvalue weighted by Gasteiger charge is -2.25. The molecule has 0 unspecified atom stereocenters. The van der Waals surface area contributed by atoms with Crippen molar-refractivity contribution < 1.29 is 0 Å². The van der Waals surface area contributed by atoms with Crippen LogP contribution >= 0.6 is 0 Å². The van der Waals surface area contributed by atoms with Crippen LogP contribution in [0.15, 0.2) is 48.8 Å². The van der Waals surface area contributed by atoms with Crippen molar-refractivity contribution in [2.45, 2.75) is 130 Å². The fourth-order valence-electron chi connectivity index (χ4n) is 6.86. The minimum atomic E-state index is 0.725. The van der Waals surface area contributed by atoms with E-state index in [1.54, 1.807) is 12.4 Å². The van der Waals surface area contributed by atoms with E-state index in [9.17, 15) is 0 Å². The van der Waals surface area contributed by atoms with Gasteiger partial charge in [0.1, 0.15) is 11.4 Å². The standard InChI is InChI=1S/C42H62N8/c1-5-9-13-17-25-49(26-18-14-10-6-2)33-21-23-35-37(29-33)47-41(45-35)39-31-44-40(32-43-39)42-46-36-24-22-34(30-38(36)48-42)50(27-19-15-11-7-3)28-20-16-12-8-4/h21-24,29-32H,5-20,25-28H2,1-4H3,(H,45,47)(H,46,48). The average Bonchev–Trinajstić information content (AvgIpc) is 3.78. The molecule has 0 saturated carbocycles. The van der Waals surface area contributed by atoms with Gasteiger partial charge in [-0.15, -0.1) is 0 Å². The molecule has 0 aliphatic heterocycles. The first kappa shape index (κ1) is 37.3. The summed E-state index contributed by atoms with van der Waals surface area (Å²) in [6.45, 7) is 13.5. The first-order valence-corrected chi connectivity index (χ1v) is 20.0. The quantitative estimate of drug-likeness (QED) is 0.0631. The van der Waals surface area contributed by atoms with E-state index >= 15 is 0 Å². The Morgan fingerprint density at radius 1 is 0.460 bits per heavy atom. The molecule has 0 amide bonds. The molecule has 8 nitrogen and oxygen atoms in total. The summed E-state index contributed by atoms with van der Waals surface area (Å²) in [5.41, 5.74) is 7.96. The molecule has 0 bridgehead atoms. The monoisotopic (exact) mass is 679 g/mol. The smallest absolute Gasteiger partial charge is 0.158 e. The molecule has 2 N–H and O–H groups in total. The zero-order valence-electron chi connectivity index (χ0n) is 31.4. The van der Waals surface area contributed by atoms with E-state index in [0.717, 1.165) is 71.3 Å². The SMILES string of the molecule is CCCCCCN(CCCCCC)c1ccc2nc(-c3cnc(-c4nc5ccc(N(CCCCCC)CCCCCC)cc5[nH]4)cn3)[nH]c2c1. The number of unbranched alkanes of at least 4 members (excludes halogenated alkanes) is 12. The third-order valence-corrected chi connectivity index (χ3v) is 9.92. The Morgan fingerprint density at radius 3 is 1.14 bits per heavy atom. The van der Waals surface area contributed by atoms with Crippen molar-refractivity contribution in [3.8, 4) is 23.0 Å². The van der Waals surface area contributed by atoms with Crippen molar-refractivity contribution in [1.29, 1.82) is 0 Å². The first-order valence-electron chi connectivity index (χ1n) is 20.0. The highest BCUT2D eigenvalue weighted by atomic mass is 15.1. The predicted octanol–water partition coefficient (Wildman–Crippen LogP) is 11.5. The number of benzene rings is 2. The van der Waals surface area contributed by atoms with E-state index in [4.69, 9.17) is 19.9 Å². The Hall–Kier alpha value is -3.94. The maximum Gasteiger partial charge on any atom is 0.158 e. The highest BCUT2D eigenvalue weighted by Crippen LogP contribution is 2.27. The van der Waals surface area contributed by atoms with Gasteiger partial charge < -0.3 is 19.8 Å². The van der Waals surface area contributed by atoms with Crippen molar-refractivity contribution in [1.82, 2.24) is 29.9 Å². The van der Waals surface area contributed by atoms with Gasteiger partial charge in [0.05, 0.1) is 34.5 Å². The lowest BCUT2D eigenvalue weighted by molar-refractivity contribution is 0.609. The van der Waals surface area contributed by atoms with E-state index in [1.165, 1.54) is 114 Å². The number of hydrogen-bond acceptors (Lipinski definition) is 6. The predicted molar refractivity (Wildman–Crippen MR) is 213 cm³/mol. The van der Waals surface area contributed by atoms with E-state index in [-0.39, 0.29) is 0 Å². The molecule has 5 rings (SSSR count). The molecule has 3 heterocycles. The second kappa shape index (κ2) is 20.0. The van der Waals surface area contributed by atoms with Crippen LogP contribution in [0.1, 0.15) is 130 Å². The second-order valence-corrected chi connectivity index (χ2v) is 14.1. The highest BCUT2D eigenvalue weighted by molar-refractivity contribution is 5.83. The largest absolute Gasteiger partial charge is 0.371 e. The molecule has 3 aromatic heterocycles. The normalized spacial score (nSPS) is 11.6. The molecule has 8 heteroatoms. The summed E-state index contributed by atoms with van der Waals surface area (Å²) >= 11 is 0. The molecule has 50 heavy (non-hydrogen) atoms. The molecule has 270 valence electrons. The minimum Gasteiger partial charge on any atom is -0.371 e. The van der Waals surface area contributed by atoms with Gasteiger partial charge in [-0.05, 0) is 62.1 Å². The van der Waals surface area contributed by atoms with Gasteiger partial charge in [0.15, 0.2) is 11.6 Å². The van der Waals surface area contributed by atoms with Crippen LogP contribution in [-0.4, -0.2) is 56.1 Å². The number of anilines is 2. The summed E-state index contributed by atoms with van der Waals surface area (Å²) in [5, 5.41) is 0. The van der Waals surface area contributed by atoms with Crippen molar-refractivity contribution in [2.75, 3.05) is 36.0 Å². The summed E-state index contributed by atoms with van der Waals surface area (Å²) in [6.07, 6.45) is 24.0. The van der Waals surface area contributed by atoms with E-state index in [1.807, 2.05) is 0 Å². The van der Waals surface area contributed by atoms with Crippen molar-refractivity contribution in [2.24, 2.45) is 0 Å². The number of aromatic nitrogens is 6. The van der Waals surface area contributed by atoms with Crippen LogP contribution in [0, 0.1) is 0 Å². The molecule has 0 saturated heterocycles. The second-order valence-electron chi connectivity index (χ2n) is 14.1. The van der Waals surface area contributed by atoms with Gasteiger partial charge in [-0.2, -0.15) is 0 Å². The molecule has 5 aromatic rings. The van der Waals surface area contributed by atoms with Gasteiger partial charge in [-0.3, -0.25) is 0 Å². The number of imidazole rings is 2. The summed E-state index contributed by atoms with van der Waals surface area (Å²) < 4.78 is 0. The number of nitrogens with one attached hydrogen (secondary N) is 2.